The molecular weight excluding hydrogens is 371 g/mol. The average molecular weight is 410 g/mol. The number of rotatable bonds is 4. The third kappa shape index (κ3) is 3.14. The van der Waals surface area contributed by atoms with E-state index in [1.165, 1.54) is 24.5 Å². The predicted octanol–water partition coefficient (Wildman–Crippen LogP) is 3.44. The summed E-state index contributed by atoms with van der Waals surface area (Å²) in [5, 5.41) is 0. The molecule has 7 nitrogen and oxygen atoms in total. The number of anilines is 2. The minimum absolute atomic E-state index is 0.00582. The van der Waals surface area contributed by atoms with Crippen LogP contribution in [-0.2, 0) is 4.79 Å². The van der Waals surface area contributed by atoms with E-state index in [-0.39, 0.29) is 21.2 Å². The maximum atomic E-state index is 14.0. The lowest BCUT2D eigenvalue weighted by Gasteiger charge is -2.42. The van der Waals surface area contributed by atoms with E-state index >= 15 is 0 Å². The number of carbonyl (C=O) groups excluding carboxylic acids is 1. The zero-order valence-corrected chi connectivity index (χ0v) is 14.6. The average Bonchev–Trinajstić information content (AvgIpc) is 3.34. The van der Waals surface area contributed by atoms with Gasteiger partial charge in [-0.1, -0.05) is 19.0 Å². The van der Waals surface area contributed by atoms with E-state index in [9.17, 15) is 9.18 Å². The Bertz CT molecular complexity index is 1570. The molecule has 0 aliphatic carbocycles. The van der Waals surface area contributed by atoms with Gasteiger partial charge in [0.1, 0.15) is 23.4 Å². The van der Waals surface area contributed by atoms with Crippen molar-refractivity contribution in [2.45, 2.75) is 39.0 Å². The second-order valence-corrected chi connectivity index (χ2v) is 5.95. The van der Waals surface area contributed by atoms with E-state index in [0.29, 0.717) is 6.20 Å². The number of aromatic nitrogens is 4. The maximum Gasteiger partial charge on any atom is 0.249 e. The van der Waals surface area contributed by atoms with E-state index in [4.69, 9.17) is 20.6 Å². The number of fused-ring (bicyclic) bond motifs is 1. The van der Waals surface area contributed by atoms with Crippen molar-refractivity contribution in [3.8, 4) is 17.3 Å². The molecule has 1 aromatic carbocycles. The van der Waals surface area contributed by atoms with Gasteiger partial charge in [-0.25, -0.2) is 14.4 Å². The van der Waals surface area contributed by atoms with Crippen molar-refractivity contribution in [3.05, 3.63) is 48.7 Å². The number of likely N-dealkylation sites (N-methyl/N-ethyl adjacent to an activating group) is 1. The quantitative estimate of drug-likeness (QED) is 0.660. The molecule has 0 unspecified atom stereocenters. The highest BCUT2D eigenvalue weighted by atomic mass is 19.1. The van der Waals surface area contributed by atoms with Crippen LogP contribution in [0.5, 0.6) is 0 Å². The molecule has 0 bridgehead atoms. The van der Waals surface area contributed by atoms with E-state index in [1.54, 1.807) is 0 Å². The molecule has 0 N–H and O–H groups in total. The van der Waals surface area contributed by atoms with Crippen LogP contribution in [0.1, 0.15) is 47.5 Å². The molecule has 0 radical (unpaired) electrons. The summed E-state index contributed by atoms with van der Waals surface area (Å²) in [4.78, 5) is 25.9. The first-order chi connectivity index (χ1) is 19.9. The summed E-state index contributed by atoms with van der Waals surface area (Å²) in [5.41, 5.74) is -0.669. The lowest BCUT2D eigenvalue weighted by Crippen LogP contribution is -2.55. The van der Waals surface area contributed by atoms with Crippen molar-refractivity contribution in [1.82, 2.24) is 19.5 Å². The summed E-state index contributed by atoms with van der Waals surface area (Å²) in [6.07, 6.45) is -0.664. The molecule has 0 saturated heterocycles. The Morgan fingerprint density at radius 3 is 3.03 bits per heavy atom. The molecule has 8 heteroatoms. The highest BCUT2D eigenvalue weighted by molar-refractivity contribution is 6.04. The Labute approximate surface area is 189 Å². The molecule has 1 aliphatic heterocycles. The first-order valence-corrected chi connectivity index (χ1v) is 8.16. The molecule has 29 heavy (non-hydrogen) atoms. The van der Waals surface area contributed by atoms with Gasteiger partial charge in [-0.05, 0) is 32.2 Å². The van der Waals surface area contributed by atoms with Crippen molar-refractivity contribution in [3.63, 3.8) is 0 Å². The van der Waals surface area contributed by atoms with E-state index in [0.717, 1.165) is 16.7 Å². The Balaban J connectivity index is 2.15. The monoisotopic (exact) mass is 409 g/mol. The lowest BCUT2D eigenvalue weighted by molar-refractivity contribution is -0.120. The van der Waals surface area contributed by atoms with E-state index in [2.05, 4.69) is 15.0 Å². The maximum absolute atomic E-state index is 14.0. The number of amides is 1. The van der Waals surface area contributed by atoms with E-state index < -0.39 is 75.1 Å². The van der Waals surface area contributed by atoms with Gasteiger partial charge in [-0.15, -0.1) is 0 Å². The lowest BCUT2D eigenvalue weighted by atomic mass is 10.1. The number of hydrogen-bond donors (Lipinski definition) is 0. The highest BCUT2D eigenvalue weighted by Gasteiger charge is 2.38. The Kier molecular flexibility index (Phi) is 2.06. The molecule has 4 rings (SSSR count). The van der Waals surface area contributed by atoms with Crippen LogP contribution >= 0.6 is 0 Å². The topological polar surface area (TPSA) is 67.2 Å². The first kappa shape index (κ1) is 8.22. The minimum Gasteiger partial charge on any atom is -0.340 e. The summed E-state index contributed by atoms with van der Waals surface area (Å²) < 4.78 is 136. The molecule has 2 aromatic heterocycles. The zero-order valence-electron chi connectivity index (χ0n) is 29.6. The largest absolute Gasteiger partial charge is 0.340 e. The fraction of sp³-hybridized carbons (Fsp3) is 0.333. The molecule has 3 aromatic rings. The van der Waals surface area contributed by atoms with Crippen LogP contribution in [0.25, 0.3) is 17.3 Å². The van der Waals surface area contributed by atoms with Gasteiger partial charge in [0.25, 0.3) is 0 Å². The van der Waals surface area contributed by atoms with Gasteiger partial charge < -0.3 is 9.80 Å². The van der Waals surface area contributed by atoms with Crippen LogP contribution in [0.15, 0.2) is 42.9 Å². The van der Waals surface area contributed by atoms with Gasteiger partial charge in [-0.3, -0.25) is 9.36 Å². The normalized spacial score (nSPS) is 26.7. The van der Waals surface area contributed by atoms with Gasteiger partial charge in [-0.2, -0.15) is 4.98 Å². The van der Waals surface area contributed by atoms with Gasteiger partial charge >= 0.3 is 0 Å². The Hall–Kier alpha value is -3.29. The van der Waals surface area contributed by atoms with Crippen molar-refractivity contribution >= 4 is 17.4 Å². The zero-order chi connectivity index (χ0) is 33.4. The van der Waals surface area contributed by atoms with Crippen molar-refractivity contribution < 1.29 is 29.7 Å². The van der Waals surface area contributed by atoms with Crippen molar-refractivity contribution in [1.29, 1.82) is 0 Å². The van der Waals surface area contributed by atoms with Crippen LogP contribution in [0, 0.1) is 5.82 Å². The van der Waals surface area contributed by atoms with Crippen LogP contribution in [0.2, 0.25) is 0 Å². The number of carbonyl (C=O) groups is 1. The summed E-state index contributed by atoms with van der Waals surface area (Å²) in [6, 6.07) is -1.93. The van der Waals surface area contributed by atoms with Crippen molar-refractivity contribution in [2.24, 2.45) is 0 Å². The van der Waals surface area contributed by atoms with Gasteiger partial charge in [0.05, 0.1) is 7.57 Å². The third-order valence-corrected chi connectivity index (χ3v) is 4.24. The molecule has 1 aliphatic rings. The van der Waals surface area contributed by atoms with Gasteiger partial charge in [0.15, 0.2) is 5.82 Å². The minimum atomic E-state index is -3.97. The number of hydrogen-bond acceptors (Lipinski definition) is 5. The number of imidazole rings is 1. The summed E-state index contributed by atoms with van der Waals surface area (Å²) in [5.74, 6) is -4.07. The molecular formula is C21H23FN6O. The second-order valence-electron chi connectivity index (χ2n) is 5.95. The molecule has 1 atom stereocenters. The number of nitrogens with zero attached hydrogens (tertiary/aromatic N) is 6. The molecule has 0 spiro atoms. The van der Waals surface area contributed by atoms with Crippen molar-refractivity contribution in [2.75, 3.05) is 16.8 Å². The molecule has 3 heterocycles. The Morgan fingerprint density at radius 1 is 1.38 bits per heavy atom. The smallest absolute Gasteiger partial charge is 0.249 e. The molecule has 0 saturated carbocycles. The fourth-order valence-electron chi connectivity index (χ4n) is 2.95. The summed E-state index contributed by atoms with van der Waals surface area (Å²) >= 11 is 0. The molecule has 0 fully saturated rings. The fourth-order valence-corrected chi connectivity index (χ4v) is 2.95. The number of halogens is 1. The highest BCUT2D eigenvalue weighted by Crippen LogP contribution is 2.36. The van der Waals surface area contributed by atoms with Crippen LogP contribution in [0.4, 0.5) is 15.9 Å². The first-order valence-electron chi connectivity index (χ1n) is 15.7. The van der Waals surface area contributed by atoms with Crippen LogP contribution < -0.4 is 9.80 Å². The van der Waals surface area contributed by atoms with Crippen LogP contribution in [-0.4, -0.2) is 44.5 Å². The molecule has 1 amide bonds. The van der Waals surface area contributed by atoms with Crippen LogP contribution in [0.3, 0.4) is 0 Å². The third-order valence-electron chi connectivity index (χ3n) is 4.24. The predicted molar refractivity (Wildman–Crippen MR) is 110 cm³/mol. The number of benzene rings is 1. The summed E-state index contributed by atoms with van der Waals surface area (Å²) in [6.45, 7) is -15.1. The van der Waals surface area contributed by atoms with E-state index in [1.807, 2.05) is 0 Å². The second kappa shape index (κ2) is 7.27. The summed E-state index contributed by atoms with van der Waals surface area (Å²) in [7, 11) is 0. The van der Waals surface area contributed by atoms with Gasteiger partial charge in [0.2, 0.25) is 11.9 Å². The van der Waals surface area contributed by atoms with Gasteiger partial charge in [0, 0.05) is 50.1 Å². The standard InChI is InChI=1S/C21H23FN6O/c1-5-16-20(29)26(4)17-12-24-21(25-19(17)28(16)13(2)3)27-10-9-23-18(27)14-7-6-8-15(22)11-14/h6-13,16H,5H2,1-4H3/t16-/m0/s1/i1D3,2D3,3D3,4D3,5D2,13D. The molecule has 150 valence electrons. The Morgan fingerprint density at radius 2 is 2.28 bits per heavy atom. The SMILES string of the molecule is [2H]C([2H])([2H])N1C(=O)[C@H](C([2H])([2H])C([2H])([2H])[2H])N(C([2H])(C([2H])([2H])[2H])C([2H])([2H])[2H])c2nc(-n3ccnc3-c3cccc(F)c3)ncc21.